The zero-order valence-corrected chi connectivity index (χ0v) is 15.3. The highest BCUT2D eigenvalue weighted by atomic mass is 16.6. The average molecular weight is 370 g/mol. The summed E-state index contributed by atoms with van der Waals surface area (Å²) in [7, 11) is 0. The van der Waals surface area contributed by atoms with Crippen LogP contribution < -0.4 is 0 Å². The maximum atomic E-state index is 11.5. The van der Waals surface area contributed by atoms with Crippen LogP contribution in [0.15, 0.2) is 24.3 Å². The molecule has 8 heteroatoms. The summed E-state index contributed by atoms with van der Waals surface area (Å²) in [5.74, 6) is -3.17. The van der Waals surface area contributed by atoms with Crippen LogP contribution >= 0.6 is 0 Å². The molecule has 0 unspecified atom stereocenters. The van der Waals surface area contributed by atoms with E-state index < -0.39 is 23.9 Å². The predicted molar refractivity (Wildman–Crippen MR) is 91.9 cm³/mol. The summed E-state index contributed by atoms with van der Waals surface area (Å²) in [6, 6.07) is 0. The van der Waals surface area contributed by atoms with Crippen LogP contribution in [-0.2, 0) is 38.1 Å². The smallest absolute Gasteiger partial charge is 0.344 e. The third-order valence-corrected chi connectivity index (χ3v) is 3.04. The van der Waals surface area contributed by atoms with Crippen molar-refractivity contribution in [1.82, 2.24) is 0 Å². The van der Waals surface area contributed by atoms with Gasteiger partial charge in [0.15, 0.2) is 0 Å². The first-order valence-electron chi connectivity index (χ1n) is 8.41. The Kier molecular flexibility index (Phi) is 12.2. The van der Waals surface area contributed by atoms with E-state index in [0.717, 1.165) is 12.8 Å². The topological polar surface area (TPSA) is 105 Å². The second kappa shape index (κ2) is 13.6. The van der Waals surface area contributed by atoms with E-state index in [2.05, 4.69) is 22.6 Å². The molecule has 0 atom stereocenters. The van der Waals surface area contributed by atoms with Crippen molar-refractivity contribution in [3.05, 3.63) is 24.3 Å². The lowest BCUT2D eigenvalue weighted by Gasteiger charge is -2.07. The first kappa shape index (κ1) is 23.4. The van der Waals surface area contributed by atoms with Crippen LogP contribution in [0.5, 0.6) is 0 Å². The highest BCUT2D eigenvalue weighted by Crippen LogP contribution is 2.05. The number of carbonyl (C=O) groups excluding carboxylic acids is 4. The minimum Gasteiger partial charge on any atom is -0.462 e. The average Bonchev–Trinajstić information content (AvgIpc) is 2.62. The molecule has 0 aliphatic heterocycles. The van der Waals surface area contributed by atoms with Gasteiger partial charge in [-0.3, -0.25) is 0 Å². The molecule has 8 nitrogen and oxygen atoms in total. The summed E-state index contributed by atoms with van der Waals surface area (Å²) in [6.07, 6.45) is 2.64. The van der Waals surface area contributed by atoms with Gasteiger partial charge in [0.05, 0.1) is 26.4 Å². The Labute approximate surface area is 153 Å². The van der Waals surface area contributed by atoms with Gasteiger partial charge in [0.2, 0.25) is 0 Å². The normalized spacial score (nSPS) is 9.77. The second-order valence-electron chi connectivity index (χ2n) is 5.08. The molecule has 0 saturated carbocycles. The molecule has 0 heterocycles. The Bertz CT molecular complexity index is 487. The molecule has 0 aromatic rings. The van der Waals surface area contributed by atoms with E-state index in [9.17, 15) is 19.2 Å². The SMILES string of the molecule is C=C(C(=O)OCC)C(=O)OCCCCCCOC(=O)C(=C)C(=O)OCC. The van der Waals surface area contributed by atoms with Gasteiger partial charge in [0.25, 0.3) is 0 Å². The lowest BCUT2D eigenvalue weighted by atomic mass is 10.2. The molecule has 0 bridgehead atoms. The summed E-state index contributed by atoms with van der Waals surface area (Å²) in [4.78, 5) is 45.6. The summed E-state index contributed by atoms with van der Waals surface area (Å²) in [6.45, 7) is 10.5. The first-order valence-corrected chi connectivity index (χ1v) is 8.41. The molecule has 0 amide bonds. The Hall–Kier alpha value is -2.64. The van der Waals surface area contributed by atoms with Gasteiger partial charge >= 0.3 is 23.9 Å². The summed E-state index contributed by atoms with van der Waals surface area (Å²) in [5, 5.41) is 0. The highest BCUT2D eigenvalue weighted by Gasteiger charge is 2.19. The molecule has 0 aliphatic carbocycles. The van der Waals surface area contributed by atoms with E-state index in [0.29, 0.717) is 12.8 Å². The number of ether oxygens (including phenoxy) is 4. The van der Waals surface area contributed by atoms with E-state index in [1.165, 1.54) is 0 Å². The fraction of sp³-hybridized carbons (Fsp3) is 0.556. The number of hydrogen-bond acceptors (Lipinski definition) is 8. The molecule has 0 radical (unpaired) electrons. The number of carbonyl (C=O) groups is 4. The lowest BCUT2D eigenvalue weighted by Crippen LogP contribution is -2.18. The molecule has 0 aliphatic rings. The minimum absolute atomic E-state index is 0.150. The van der Waals surface area contributed by atoms with Crippen LogP contribution in [0.4, 0.5) is 0 Å². The fourth-order valence-electron chi connectivity index (χ4n) is 1.66. The highest BCUT2D eigenvalue weighted by molar-refractivity contribution is 6.13. The molecule has 26 heavy (non-hydrogen) atoms. The van der Waals surface area contributed by atoms with Crippen molar-refractivity contribution in [2.24, 2.45) is 0 Å². The monoisotopic (exact) mass is 370 g/mol. The van der Waals surface area contributed by atoms with E-state index in [1.807, 2.05) is 0 Å². The molecule has 146 valence electrons. The van der Waals surface area contributed by atoms with Gasteiger partial charge in [-0.2, -0.15) is 0 Å². The largest absolute Gasteiger partial charge is 0.462 e. The van der Waals surface area contributed by atoms with Crippen LogP contribution in [0.1, 0.15) is 39.5 Å². The van der Waals surface area contributed by atoms with E-state index >= 15 is 0 Å². The molecule has 0 N–H and O–H groups in total. The van der Waals surface area contributed by atoms with Crippen molar-refractivity contribution >= 4 is 23.9 Å². The number of hydrogen-bond donors (Lipinski definition) is 0. The minimum atomic E-state index is -0.796. The van der Waals surface area contributed by atoms with Gasteiger partial charge in [-0.05, 0) is 39.5 Å². The van der Waals surface area contributed by atoms with Crippen molar-refractivity contribution in [2.75, 3.05) is 26.4 Å². The van der Waals surface area contributed by atoms with Crippen molar-refractivity contribution in [1.29, 1.82) is 0 Å². The fourth-order valence-corrected chi connectivity index (χ4v) is 1.66. The molecule has 0 saturated heterocycles. The first-order chi connectivity index (χ1) is 12.3. The van der Waals surface area contributed by atoms with Gasteiger partial charge in [-0.25, -0.2) is 19.2 Å². The zero-order valence-electron chi connectivity index (χ0n) is 15.3. The van der Waals surface area contributed by atoms with Gasteiger partial charge in [0.1, 0.15) is 11.1 Å². The number of rotatable bonds is 13. The molecular formula is C18H26O8. The van der Waals surface area contributed by atoms with Crippen molar-refractivity contribution in [3.63, 3.8) is 0 Å². The predicted octanol–water partition coefficient (Wildman–Crippen LogP) is 1.87. The maximum absolute atomic E-state index is 11.5. The Morgan fingerprint density at radius 3 is 1.19 bits per heavy atom. The quantitative estimate of drug-likeness (QED) is 0.121. The summed E-state index contributed by atoms with van der Waals surface area (Å²) < 4.78 is 19.1. The summed E-state index contributed by atoms with van der Waals surface area (Å²) >= 11 is 0. The second-order valence-corrected chi connectivity index (χ2v) is 5.08. The van der Waals surface area contributed by atoms with Gasteiger partial charge < -0.3 is 18.9 Å². The molecule has 0 aromatic heterocycles. The number of esters is 4. The van der Waals surface area contributed by atoms with E-state index in [4.69, 9.17) is 9.47 Å². The van der Waals surface area contributed by atoms with Crippen molar-refractivity contribution < 1.29 is 38.1 Å². The molecule has 0 rings (SSSR count). The Morgan fingerprint density at radius 1 is 0.577 bits per heavy atom. The Balaban J connectivity index is 3.73. The van der Waals surface area contributed by atoms with E-state index in [-0.39, 0.29) is 37.6 Å². The van der Waals surface area contributed by atoms with Crippen LogP contribution in [0.3, 0.4) is 0 Å². The van der Waals surface area contributed by atoms with Crippen LogP contribution in [-0.4, -0.2) is 50.3 Å². The van der Waals surface area contributed by atoms with Crippen LogP contribution in [0.2, 0.25) is 0 Å². The third-order valence-electron chi connectivity index (χ3n) is 3.04. The molecule has 0 spiro atoms. The van der Waals surface area contributed by atoms with Crippen molar-refractivity contribution in [3.8, 4) is 0 Å². The van der Waals surface area contributed by atoms with Crippen LogP contribution in [0, 0.1) is 0 Å². The zero-order chi connectivity index (χ0) is 19.9. The van der Waals surface area contributed by atoms with Gasteiger partial charge in [0, 0.05) is 0 Å². The van der Waals surface area contributed by atoms with Gasteiger partial charge in [-0.1, -0.05) is 13.2 Å². The van der Waals surface area contributed by atoms with Crippen molar-refractivity contribution in [2.45, 2.75) is 39.5 Å². The molecule has 0 fully saturated rings. The van der Waals surface area contributed by atoms with E-state index in [1.54, 1.807) is 13.8 Å². The maximum Gasteiger partial charge on any atom is 0.344 e. The third kappa shape index (κ3) is 9.61. The Morgan fingerprint density at radius 2 is 0.885 bits per heavy atom. The lowest BCUT2D eigenvalue weighted by molar-refractivity contribution is -0.148. The standard InChI is InChI=1S/C18H26O8/c1-5-23-15(19)13(3)17(21)25-11-9-7-8-10-12-26-18(22)14(4)16(20)24-6-2/h3-12H2,1-2H3. The number of unbranched alkanes of at least 4 members (excludes halogenated alkanes) is 3. The van der Waals surface area contributed by atoms with Crippen LogP contribution in [0.25, 0.3) is 0 Å². The molecule has 0 aromatic carbocycles. The molecular weight excluding hydrogens is 344 g/mol. The van der Waals surface area contributed by atoms with Gasteiger partial charge in [-0.15, -0.1) is 0 Å². The summed E-state index contributed by atoms with van der Waals surface area (Å²) in [5.41, 5.74) is -0.666.